The normalized spacial score (nSPS) is 11.3. The van der Waals surface area contributed by atoms with Crippen LogP contribution >= 0.6 is 0 Å². The summed E-state index contributed by atoms with van der Waals surface area (Å²) in [5, 5.41) is 23.8. The average Bonchev–Trinajstić information content (AvgIpc) is 3.66. The Hall–Kier alpha value is -6.88. The molecule has 0 amide bonds. The summed E-state index contributed by atoms with van der Waals surface area (Å²) in [6.45, 7) is 0. The molecule has 0 radical (unpaired) electrons. The van der Waals surface area contributed by atoms with Gasteiger partial charge >= 0.3 is 0 Å². The van der Waals surface area contributed by atoms with Crippen LogP contribution in [0.25, 0.3) is 77.2 Å². The average molecular weight is 611 g/mol. The largest absolute Gasteiger partial charge is 0.309 e. The number of para-hydroxylation sites is 4. The molecule has 0 aliphatic carbocycles. The van der Waals surface area contributed by atoms with Crippen LogP contribution < -0.4 is 0 Å². The van der Waals surface area contributed by atoms with Crippen LogP contribution in [0.1, 0.15) is 11.1 Å². The van der Waals surface area contributed by atoms with Crippen LogP contribution in [0.2, 0.25) is 0 Å². The fourth-order valence-corrected chi connectivity index (χ4v) is 7.33. The maximum Gasteiger partial charge on any atom is 0.0991 e. The first-order chi connectivity index (χ1) is 23.7. The van der Waals surface area contributed by atoms with Gasteiger partial charge in [-0.2, -0.15) is 10.5 Å². The molecule has 0 saturated carbocycles. The van der Waals surface area contributed by atoms with Gasteiger partial charge in [-0.15, -0.1) is 0 Å². The highest BCUT2D eigenvalue weighted by molar-refractivity contribution is 6.12. The zero-order chi connectivity index (χ0) is 32.2. The van der Waals surface area contributed by atoms with Crippen LogP contribution in [0.15, 0.2) is 158 Å². The molecule has 9 rings (SSSR count). The quantitative estimate of drug-likeness (QED) is 0.199. The molecule has 7 aromatic carbocycles. The van der Waals surface area contributed by atoms with Crippen LogP contribution in [-0.4, -0.2) is 9.13 Å². The Morgan fingerprint density at radius 1 is 0.375 bits per heavy atom. The zero-order valence-corrected chi connectivity index (χ0v) is 25.8. The van der Waals surface area contributed by atoms with Gasteiger partial charge in [0.25, 0.3) is 0 Å². The van der Waals surface area contributed by atoms with E-state index >= 15 is 0 Å². The van der Waals surface area contributed by atoms with Crippen molar-refractivity contribution >= 4 is 43.6 Å². The van der Waals surface area contributed by atoms with Crippen molar-refractivity contribution in [2.24, 2.45) is 0 Å². The minimum atomic E-state index is 0.585. The van der Waals surface area contributed by atoms with Gasteiger partial charge in [0.1, 0.15) is 0 Å². The molecule has 0 fully saturated rings. The smallest absolute Gasteiger partial charge is 0.0991 e. The molecule has 2 heterocycles. The minimum absolute atomic E-state index is 0.585. The van der Waals surface area contributed by atoms with E-state index in [1.807, 2.05) is 36.4 Å². The van der Waals surface area contributed by atoms with Crippen LogP contribution in [0.3, 0.4) is 0 Å². The Kier molecular flexibility index (Phi) is 6.22. The van der Waals surface area contributed by atoms with E-state index in [1.165, 1.54) is 10.8 Å². The third-order valence-electron chi connectivity index (χ3n) is 9.38. The molecule has 0 unspecified atom stereocenters. The maximum atomic E-state index is 9.77. The third kappa shape index (κ3) is 4.07. The van der Waals surface area contributed by atoms with Crippen LogP contribution in [0.4, 0.5) is 0 Å². The summed E-state index contributed by atoms with van der Waals surface area (Å²) in [6, 6.07) is 59.2. The van der Waals surface area contributed by atoms with Gasteiger partial charge in [-0.05, 0) is 60.2 Å². The standard InChI is InChI=1S/C44H26N4/c45-27-29-21-23-42-37(25-29)38-26-30(28-46)22-24-43(38)47(42)39-18-7-6-15-35(39)36-17-10-16-32(31-11-2-1-3-12-31)44(36)48-40-19-8-4-13-33(40)34-14-5-9-20-41(34)48/h1-26H. The van der Waals surface area contributed by atoms with Gasteiger partial charge in [-0.1, -0.05) is 103 Å². The van der Waals surface area contributed by atoms with E-state index in [2.05, 4.69) is 143 Å². The lowest BCUT2D eigenvalue weighted by molar-refractivity contribution is 1.16. The predicted molar refractivity (Wildman–Crippen MR) is 195 cm³/mol. The van der Waals surface area contributed by atoms with Gasteiger partial charge in [0.2, 0.25) is 0 Å². The monoisotopic (exact) mass is 610 g/mol. The number of fused-ring (bicyclic) bond motifs is 6. The van der Waals surface area contributed by atoms with Gasteiger partial charge in [0.15, 0.2) is 0 Å². The maximum absolute atomic E-state index is 9.77. The van der Waals surface area contributed by atoms with Gasteiger partial charge in [-0.25, -0.2) is 0 Å². The number of hydrogen-bond acceptors (Lipinski definition) is 2. The predicted octanol–water partition coefficient (Wildman–Crippen LogP) is 11.0. The van der Waals surface area contributed by atoms with Crippen molar-refractivity contribution in [1.82, 2.24) is 9.13 Å². The summed E-state index contributed by atoms with van der Waals surface area (Å²) in [4.78, 5) is 0. The molecule has 0 bridgehead atoms. The second-order valence-electron chi connectivity index (χ2n) is 12.0. The second-order valence-corrected chi connectivity index (χ2v) is 12.0. The lowest BCUT2D eigenvalue weighted by atomic mass is 9.94. The Balaban J connectivity index is 1.42. The van der Waals surface area contributed by atoms with Crippen LogP contribution in [0, 0.1) is 22.7 Å². The Labute approximate surface area is 277 Å². The molecule has 4 heteroatoms. The van der Waals surface area contributed by atoms with Crippen molar-refractivity contribution in [3.8, 4) is 45.8 Å². The highest BCUT2D eigenvalue weighted by atomic mass is 15.0. The number of nitrogens with zero attached hydrogens (tertiary/aromatic N) is 4. The van der Waals surface area contributed by atoms with E-state index < -0.39 is 0 Å². The Bertz CT molecular complexity index is 2680. The summed E-state index contributed by atoms with van der Waals surface area (Å²) < 4.78 is 4.69. The molecule has 0 saturated heterocycles. The molecule has 0 N–H and O–H groups in total. The second kappa shape index (κ2) is 10.9. The van der Waals surface area contributed by atoms with Crippen molar-refractivity contribution in [2.45, 2.75) is 0 Å². The van der Waals surface area contributed by atoms with Gasteiger partial charge in [0, 0.05) is 38.2 Å². The molecular weight excluding hydrogens is 585 g/mol. The van der Waals surface area contributed by atoms with Crippen LogP contribution in [0.5, 0.6) is 0 Å². The number of benzene rings is 7. The lowest BCUT2D eigenvalue weighted by Crippen LogP contribution is -2.03. The Morgan fingerprint density at radius 3 is 1.50 bits per heavy atom. The summed E-state index contributed by atoms with van der Waals surface area (Å²) in [5.41, 5.74) is 12.0. The first-order valence-corrected chi connectivity index (χ1v) is 15.9. The fraction of sp³-hybridized carbons (Fsp3) is 0. The fourth-order valence-electron chi connectivity index (χ4n) is 7.33. The van der Waals surface area contributed by atoms with Crippen LogP contribution in [-0.2, 0) is 0 Å². The molecule has 9 aromatic rings. The molecule has 0 aliphatic rings. The SMILES string of the molecule is N#Cc1ccc2c(c1)c1cc(C#N)ccc1n2-c1ccccc1-c1cccc(-c2ccccc2)c1-n1c2ccccc2c2ccccc21. The summed E-state index contributed by atoms with van der Waals surface area (Å²) in [6.07, 6.45) is 0. The van der Waals surface area contributed by atoms with Crippen molar-refractivity contribution in [3.05, 3.63) is 169 Å². The lowest BCUT2D eigenvalue weighted by Gasteiger charge is -2.21. The molecular formula is C44H26N4. The summed E-state index contributed by atoms with van der Waals surface area (Å²) in [7, 11) is 0. The number of nitriles is 2. The van der Waals surface area contributed by atoms with Gasteiger partial charge < -0.3 is 9.13 Å². The first kappa shape index (κ1) is 27.4. The van der Waals surface area contributed by atoms with Crippen molar-refractivity contribution < 1.29 is 0 Å². The molecule has 4 nitrogen and oxygen atoms in total. The van der Waals surface area contributed by atoms with E-state index in [1.54, 1.807) is 0 Å². The number of rotatable bonds is 4. The summed E-state index contributed by atoms with van der Waals surface area (Å²) >= 11 is 0. The number of aromatic nitrogens is 2. The minimum Gasteiger partial charge on any atom is -0.309 e. The van der Waals surface area contributed by atoms with E-state index in [0.717, 1.165) is 66.5 Å². The van der Waals surface area contributed by atoms with E-state index in [4.69, 9.17) is 0 Å². The molecule has 2 aromatic heterocycles. The van der Waals surface area contributed by atoms with E-state index in [0.29, 0.717) is 11.1 Å². The molecule has 0 spiro atoms. The molecule has 48 heavy (non-hydrogen) atoms. The van der Waals surface area contributed by atoms with Gasteiger partial charge in [0.05, 0.1) is 56.7 Å². The third-order valence-corrected chi connectivity index (χ3v) is 9.38. The first-order valence-electron chi connectivity index (χ1n) is 15.9. The van der Waals surface area contributed by atoms with Crippen molar-refractivity contribution in [1.29, 1.82) is 10.5 Å². The topological polar surface area (TPSA) is 57.4 Å². The van der Waals surface area contributed by atoms with Crippen molar-refractivity contribution in [2.75, 3.05) is 0 Å². The Morgan fingerprint density at radius 2 is 0.875 bits per heavy atom. The van der Waals surface area contributed by atoms with E-state index in [-0.39, 0.29) is 0 Å². The zero-order valence-electron chi connectivity index (χ0n) is 25.8. The van der Waals surface area contributed by atoms with Crippen molar-refractivity contribution in [3.63, 3.8) is 0 Å². The number of hydrogen-bond donors (Lipinski definition) is 0. The molecule has 0 aliphatic heterocycles. The van der Waals surface area contributed by atoms with E-state index in [9.17, 15) is 10.5 Å². The highest BCUT2D eigenvalue weighted by Gasteiger charge is 2.22. The van der Waals surface area contributed by atoms with Gasteiger partial charge in [-0.3, -0.25) is 0 Å². The molecule has 0 atom stereocenters. The highest BCUT2D eigenvalue weighted by Crippen LogP contribution is 2.44. The summed E-state index contributed by atoms with van der Waals surface area (Å²) in [5.74, 6) is 0. The molecule has 222 valence electrons.